The number of rotatable bonds is 3. The van der Waals surface area contributed by atoms with Crippen molar-refractivity contribution in [1.82, 2.24) is 10.3 Å². The number of amides is 1. The first-order valence-corrected chi connectivity index (χ1v) is 5.04. The summed E-state index contributed by atoms with van der Waals surface area (Å²) >= 11 is 0. The molecule has 1 atom stereocenters. The number of H-pyrrole nitrogens is 1. The molecular formula is C11H16N2O2. The number of pyridine rings is 1. The zero-order valence-electron chi connectivity index (χ0n) is 9.26. The molecule has 4 heteroatoms. The van der Waals surface area contributed by atoms with Crippen molar-refractivity contribution in [3.8, 4) is 0 Å². The maximum atomic E-state index is 11.7. The van der Waals surface area contributed by atoms with Gasteiger partial charge in [-0.1, -0.05) is 6.92 Å². The molecule has 2 N–H and O–H groups in total. The molecule has 1 heterocycles. The monoisotopic (exact) mass is 208 g/mol. The van der Waals surface area contributed by atoms with E-state index in [1.807, 2.05) is 13.8 Å². The number of aryl methyl sites for hydroxylation is 1. The van der Waals surface area contributed by atoms with E-state index in [1.165, 1.54) is 6.07 Å². The van der Waals surface area contributed by atoms with Gasteiger partial charge in [-0.2, -0.15) is 0 Å². The average molecular weight is 208 g/mol. The van der Waals surface area contributed by atoms with Crippen LogP contribution in [0.2, 0.25) is 0 Å². The number of carbonyl (C=O) groups is 1. The van der Waals surface area contributed by atoms with E-state index in [9.17, 15) is 9.59 Å². The summed E-state index contributed by atoms with van der Waals surface area (Å²) in [5.74, 6) is -0.196. The Morgan fingerprint density at radius 3 is 2.73 bits per heavy atom. The molecule has 0 aliphatic carbocycles. The van der Waals surface area contributed by atoms with Crippen molar-refractivity contribution >= 4 is 5.91 Å². The van der Waals surface area contributed by atoms with E-state index in [1.54, 1.807) is 13.0 Å². The molecule has 82 valence electrons. The van der Waals surface area contributed by atoms with Gasteiger partial charge >= 0.3 is 0 Å². The quantitative estimate of drug-likeness (QED) is 0.784. The molecule has 1 aromatic rings. The van der Waals surface area contributed by atoms with E-state index < -0.39 is 0 Å². The first-order chi connectivity index (χ1) is 7.02. The molecule has 1 aromatic heterocycles. The van der Waals surface area contributed by atoms with Crippen LogP contribution in [0.5, 0.6) is 0 Å². The fourth-order valence-corrected chi connectivity index (χ4v) is 1.22. The lowest BCUT2D eigenvalue weighted by molar-refractivity contribution is 0.0939. The molecule has 0 saturated heterocycles. The molecule has 0 radical (unpaired) electrons. The largest absolute Gasteiger partial charge is 0.350 e. The normalized spacial score (nSPS) is 12.2. The highest BCUT2D eigenvalue weighted by Gasteiger charge is 2.09. The first-order valence-electron chi connectivity index (χ1n) is 5.04. The van der Waals surface area contributed by atoms with E-state index in [0.29, 0.717) is 11.3 Å². The third-order valence-electron chi connectivity index (χ3n) is 2.23. The van der Waals surface area contributed by atoms with Gasteiger partial charge in [-0.05, 0) is 26.3 Å². The summed E-state index contributed by atoms with van der Waals surface area (Å²) in [5, 5.41) is 2.81. The summed E-state index contributed by atoms with van der Waals surface area (Å²) in [6, 6.07) is 3.10. The zero-order valence-corrected chi connectivity index (χ0v) is 9.26. The number of hydrogen-bond donors (Lipinski definition) is 2. The highest BCUT2D eigenvalue weighted by Crippen LogP contribution is 1.99. The Labute approximate surface area is 88.7 Å². The molecule has 4 nitrogen and oxygen atoms in total. The second-order valence-electron chi connectivity index (χ2n) is 3.70. The molecule has 0 fully saturated rings. The van der Waals surface area contributed by atoms with Gasteiger partial charge in [0.1, 0.15) is 0 Å². The van der Waals surface area contributed by atoms with Crippen LogP contribution in [0, 0.1) is 6.92 Å². The molecule has 0 aromatic carbocycles. The average Bonchev–Trinajstić information content (AvgIpc) is 2.16. The van der Waals surface area contributed by atoms with E-state index in [2.05, 4.69) is 10.3 Å². The molecular weight excluding hydrogens is 192 g/mol. The van der Waals surface area contributed by atoms with Crippen LogP contribution in [0.15, 0.2) is 16.9 Å². The number of carbonyl (C=O) groups excluding carboxylic acids is 1. The standard InChI is InChI=1S/C11H16N2O2/c1-4-7(2)13-11(15)9-5-8(3)12-10(14)6-9/h5-7H,4H2,1-3H3,(H,12,14)(H,13,15). The Balaban J connectivity index is 2.87. The predicted molar refractivity (Wildman–Crippen MR) is 59.0 cm³/mol. The number of aromatic amines is 1. The van der Waals surface area contributed by atoms with E-state index in [4.69, 9.17) is 0 Å². The fourth-order valence-electron chi connectivity index (χ4n) is 1.22. The molecule has 1 amide bonds. The van der Waals surface area contributed by atoms with Crippen molar-refractivity contribution in [3.05, 3.63) is 33.7 Å². The minimum absolute atomic E-state index is 0.122. The summed E-state index contributed by atoms with van der Waals surface area (Å²) in [5.41, 5.74) is 0.859. The third-order valence-corrected chi connectivity index (χ3v) is 2.23. The maximum absolute atomic E-state index is 11.7. The molecule has 0 aliphatic rings. The summed E-state index contributed by atoms with van der Waals surface area (Å²) in [6.45, 7) is 5.67. The van der Waals surface area contributed by atoms with Crippen molar-refractivity contribution in [2.24, 2.45) is 0 Å². The lowest BCUT2D eigenvalue weighted by atomic mass is 10.2. The first kappa shape index (κ1) is 11.5. The van der Waals surface area contributed by atoms with Crippen LogP contribution in [0.1, 0.15) is 36.3 Å². The fraction of sp³-hybridized carbons (Fsp3) is 0.455. The smallest absolute Gasteiger partial charge is 0.251 e. The van der Waals surface area contributed by atoms with Gasteiger partial charge in [0.15, 0.2) is 0 Å². The summed E-state index contributed by atoms with van der Waals surface area (Å²) < 4.78 is 0. The van der Waals surface area contributed by atoms with Gasteiger partial charge in [-0.15, -0.1) is 0 Å². The molecule has 0 saturated carbocycles. The minimum Gasteiger partial charge on any atom is -0.350 e. The van der Waals surface area contributed by atoms with Crippen molar-refractivity contribution in [3.63, 3.8) is 0 Å². The van der Waals surface area contributed by atoms with E-state index in [0.717, 1.165) is 6.42 Å². The van der Waals surface area contributed by atoms with Crippen LogP contribution < -0.4 is 10.9 Å². The highest BCUT2D eigenvalue weighted by molar-refractivity contribution is 5.94. The topological polar surface area (TPSA) is 62.0 Å². The Morgan fingerprint density at radius 1 is 1.53 bits per heavy atom. The molecule has 0 spiro atoms. The van der Waals surface area contributed by atoms with Crippen molar-refractivity contribution < 1.29 is 4.79 Å². The minimum atomic E-state index is -0.246. The second-order valence-corrected chi connectivity index (χ2v) is 3.70. The number of hydrogen-bond acceptors (Lipinski definition) is 2. The second kappa shape index (κ2) is 4.77. The zero-order chi connectivity index (χ0) is 11.4. The third kappa shape index (κ3) is 3.23. The molecule has 1 unspecified atom stereocenters. The SMILES string of the molecule is CCC(C)NC(=O)c1cc(C)[nH]c(=O)c1. The van der Waals surface area contributed by atoms with Crippen molar-refractivity contribution in [1.29, 1.82) is 0 Å². The molecule has 0 aliphatic heterocycles. The van der Waals surface area contributed by atoms with Gasteiger partial charge < -0.3 is 10.3 Å². The Hall–Kier alpha value is -1.58. The van der Waals surface area contributed by atoms with E-state index in [-0.39, 0.29) is 17.5 Å². The van der Waals surface area contributed by atoms with Crippen LogP contribution in [0.25, 0.3) is 0 Å². The Morgan fingerprint density at radius 2 is 2.20 bits per heavy atom. The lowest BCUT2D eigenvalue weighted by Gasteiger charge is -2.11. The lowest BCUT2D eigenvalue weighted by Crippen LogP contribution is -2.32. The van der Waals surface area contributed by atoms with Gasteiger partial charge in [0, 0.05) is 23.4 Å². The molecule has 0 bridgehead atoms. The molecule has 15 heavy (non-hydrogen) atoms. The Kier molecular flexibility index (Phi) is 3.66. The summed E-state index contributed by atoms with van der Waals surface area (Å²) in [6.07, 6.45) is 0.869. The van der Waals surface area contributed by atoms with Gasteiger partial charge in [0.05, 0.1) is 0 Å². The highest BCUT2D eigenvalue weighted by atomic mass is 16.2. The van der Waals surface area contributed by atoms with Crippen LogP contribution in [-0.4, -0.2) is 16.9 Å². The van der Waals surface area contributed by atoms with Crippen LogP contribution in [-0.2, 0) is 0 Å². The molecule has 1 rings (SSSR count). The van der Waals surface area contributed by atoms with Gasteiger partial charge in [0.2, 0.25) is 5.56 Å². The van der Waals surface area contributed by atoms with Gasteiger partial charge in [-0.25, -0.2) is 0 Å². The predicted octanol–water partition coefficient (Wildman–Crippen LogP) is 1.21. The van der Waals surface area contributed by atoms with Crippen LogP contribution in [0.3, 0.4) is 0 Å². The van der Waals surface area contributed by atoms with E-state index >= 15 is 0 Å². The van der Waals surface area contributed by atoms with Crippen LogP contribution in [0.4, 0.5) is 0 Å². The van der Waals surface area contributed by atoms with Gasteiger partial charge in [0.25, 0.3) is 5.91 Å². The summed E-state index contributed by atoms with van der Waals surface area (Å²) in [7, 11) is 0. The summed E-state index contributed by atoms with van der Waals surface area (Å²) in [4.78, 5) is 25.4. The van der Waals surface area contributed by atoms with Crippen molar-refractivity contribution in [2.45, 2.75) is 33.2 Å². The van der Waals surface area contributed by atoms with Crippen LogP contribution >= 0.6 is 0 Å². The van der Waals surface area contributed by atoms with Gasteiger partial charge in [-0.3, -0.25) is 9.59 Å². The number of aromatic nitrogens is 1. The maximum Gasteiger partial charge on any atom is 0.251 e. The number of nitrogens with one attached hydrogen (secondary N) is 2. The Bertz CT molecular complexity index is 409. The van der Waals surface area contributed by atoms with Crippen molar-refractivity contribution in [2.75, 3.05) is 0 Å².